The number of benzene rings is 3. The summed E-state index contributed by atoms with van der Waals surface area (Å²) in [4.78, 5) is 29.2. The molecule has 0 aliphatic rings. The number of carbonyl (C=O) groups is 2. The minimum atomic E-state index is -0.893. The van der Waals surface area contributed by atoms with Gasteiger partial charge in [0, 0.05) is 30.5 Å². The van der Waals surface area contributed by atoms with E-state index in [4.69, 9.17) is 13.7 Å². The number of aromatic nitrogens is 2. The Morgan fingerprint density at radius 2 is 1.60 bits per heavy atom. The summed E-state index contributed by atoms with van der Waals surface area (Å²) in [5.74, 6) is 1.10. The highest BCUT2D eigenvalue weighted by Gasteiger charge is 2.22. The van der Waals surface area contributed by atoms with Gasteiger partial charge in [0.05, 0.1) is 12.3 Å². The summed E-state index contributed by atoms with van der Waals surface area (Å²) in [6.07, 6.45) is 0.839. The molecular weight excluding hydrogens is 534 g/mol. The lowest BCUT2D eigenvalue weighted by Gasteiger charge is -2.13. The fourth-order valence-electron chi connectivity index (χ4n) is 4.67. The first-order valence-corrected chi connectivity index (χ1v) is 13.7. The van der Waals surface area contributed by atoms with Crippen molar-refractivity contribution in [1.29, 1.82) is 0 Å². The number of oxazole rings is 1. The van der Waals surface area contributed by atoms with E-state index >= 15 is 0 Å². The van der Waals surface area contributed by atoms with Crippen LogP contribution < -0.4 is 10.1 Å². The van der Waals surface area contributed by atoms with Gasteiger partial charge in [-0.3, -0.25) is 9.59 Å². The Morgan fingerprint density at radius 3 is 2.31 bits per heavy atom. The van der Waals surface area contributed by atoms with Gasteiger partial charge in [-0.25, -0.2) is 4.98 Å². The number of carboxylic acid groups (broad SMARTS) is 1. The molecule has 0 bridgehead atoms. The maximum Gasteiger partial charge on any atom is 0.303 e. The molecule has 0 radical (unpaired) electrons. The fraction of sp³-hybridized carbons (Fsp3) is 0.212. The average molecular weight is 566 g/mol. The van der Waals surface area contributed by atoms with E-state index in [0.717, 1.165) is 33.7 Å². The molecule has 0 unspecified atom stereocenters. The summed E-state index contributed by atoms with van der Waals surface area (Å²) >= 11 is 0. The lowest BCUT2D eigenvalue weighted by atomic mass is 10.0. The molecule has 9 nitrogen and oxygen atoms in total. The predicted octanol–water partition coefficient (Wildman–Crippen LogP) is 6.18. The normalized spacial score (nSPS) is 10.9. The van der Waals surface area contributed by atoms with Crippen LogP contribution in [0.5, 0.6) is 5.75 Å². The highest BCUT2D eigenvalue weighted by Crippen LogP contribution is 2.26. The molecule has 9 heteroatoms. The van der Waals surface area contributed by atoms with Crippen LogP contribution in [-0.4, -0.2) is 33.7 Å². The van der Waals surface area contributed by atoms with Crippen LogP contribution in [0.15, 0.2) is 87.8 Å². The molecule has 2 heterocycles. The van der Waals surface area contributed by atoms with Gasteiger partial charge in [-0.2, -0.15) is 0 Å². The van der Waals surface area contributed by atoms with Crippen molar-refractivity contribution in [3.8, 4) is 28.5 Å². The largest absolute Gasteiger partial charge is 0.493 e. The average Bonchev–Trinajstić information content (AvgIpc) is 3.58. The van der Waals surface area contributed by atoms with Gasteiger partial charge in [0.15, 0.2) is 0 Å². The number of nitrogens with zero attached hydrogens (tertiary/aromatic N) is 2. The molecule has 1 amide bonds. The molecular formula is C33H31N3O6. The van der Waals surface area contributed by atoms with E-state index in [1.807, 2.05) is 85.8 Å². The molecule has 0 saturated carbocycles. The predicted molar refractivity (Wildman–Crippen MR) is 156 cm³/mol. The van der Waals surface area contributed by atoms with E-state index in [9.17, 15) is 14.7 Å². The van der Waals surface area contributed by atoms with Crippen molar-refractivity contribution < 1.29 is 28.4 Å². The summed E-state index contributed by atoms with van der Waals surface area (Å²) in [5.41, 5.74) is 4.91. The van der Waals surface area contributed by atoms with E-state index in [0.29, 0.717) is 48.1 Å². The summed E-state index contributed by atoms with van der Waals surface area (Å²) < 4.78 is 17.2. The van der Waals surface area contributed by atoms with E-state index < -0.39 is 5.97 Å². The first-order chi connectivity index (χ1) is 20.4. The van der Waals surface area contributed by atoms with Gasteiger partial charge in [-0.15, -0.1) is 0 Å². The lowest BCUT2D eigenvalue weighted by Crippen LogP contribution is -2.24. The second kappa shape index (κ2) is 13.0. The quantitative estimate of drug-likeness (QED) is 0.184. The van der Waals surface area contributed by atoms with Gasteiger partial charge in [-0.05, 0) is 55.7 Å². The summed E-state index contributed by atoms with van der Waals surface area (Å²) in [7, 11) is 0. The Balaban J connectivity index is 1.28. The van der Waals surface area contributed by atoms with Crippen LogP contribution >= 0.6 is 0 Å². The number of hydrogen-bond acceptors (Lipinski definition) is 7. The SMILES string of the molecule is Cc1oc(-c2ccccc2)nc1CCOc1ccc(CCC(=O)O)c(CNC(=O)c2c(-c3ccccc3)noc2C)c1. The van der Waals surface area contributed by atoms with E-state index in [1.165, 1.54) is 0 Å². The molecule has 5 aromatic rings. The monoisotopic (exact) mass is 565 g/mol. The second-order valence-electron chi connectivity index (χ2n) is 9.82. The maximum atomic E-state index is 13.3. The molecule has 5 rings (SSSR count). The highest BCUT2D eigenvalue weighted by atomic mass is 16.5. The van der Waals surface area contributed by atoms with Gasteiger partial charge < -0.3 is 24.1 Å². The van der Waals surface area contributed by atoms with E-state index in [2.05, 4.69) is 15.5 Å². The molecule has 0 fully saturated rings. The standard InChI is InChI=1S/C33H31N3O6/c1-21-28(35-33(41-21)25-11-7-4-8-12-25)17-18-40-27-15-13-23(14-16-29(37)38)26(19-27)20-34-32(39)30-22(2)42-36-31(30)24-9-5-3-6-10-24/h3-13,15,19H,14,16-18,20H2,1-2H3,(H,34,39)(H,37,38). The number of carboxylic acids is 1. The first-order valence-electron chi connectivity index (χ1n) is 13.7. The van der Waals surface area contributed by atoms with Crippen molar-refractivity contribution >= 4 is 11.9 Å². The highest BCUT2D eigenvalue weighted by molar-refractivity contribution is 6.00. The third kappa shape index (κ3) is 6.75. The van der Waals surface area contributed by atoms with Crippen molar-refractivity contribution in [2.24, 2.45) is 0 Å². The number of aliphatic carboxylic acids is 1. The molecule has 0 aliphatic carbocycles. The van der Waals surface area contributed by atoms with Crippen LogP contribution in [0.3, 0.4) is 0 Å². The first kappa shape index (κ1) is 28.4. The van der Waals surface area contributed by atoms with Crippen molar-refractivity contribution in [2.75, 3.05) is 6.61 Å². The second-order valence-corrected chi connectivity index (χ2v) is 9.82. The van der Waals surface area contributed by atoms with Crippen molar-refractivity contribution in [2.45, 2.75) is 39.7 Å². The molecule has 0 aliphatic heterocycles. The Kier molecular flexibility index (Phi) is 8.77. The van der Waals surface area contributed by atoms with Gasteiger partial charge in [0.2, 0.25) is 5.89 Å². The van der Waals surface area contributed by atoms with Crippen LogP contribution in [0.1, 0.15) is 45.1 Å². The molecule has 0 atom stereocenters. The zero-order chi connectivity index (χ0) is 29.5. The minimum absolute atomic E-state index is 0.0285. The van der Waals surface area contributed by atoms with Gasteiger partial charge >= 0.3 is 5.97 Å². The minimum Gasteiger partial charge on any atom is -0.493 e. The van der Waals surface area contributed by atoms with E-state index in [1.54, 1.807) is 6.92 Å². The number of carbonyl (C=O) groups excluding carboxylic acids is 1. The smallest absolute Gasteiger partial charge is 0.303 e. The zero-order valence-corrected chi connectivity index (χ0v) is 23.4. The van der Waals surface area contributed by atoms with Crippen molar-refractivity contribution in [3.05, 3.63) is 113 Å². The number of aryl methyl sites for hydroxylation is 3. The third-order valence-corrected chi connectivity index (χ3v) is 6.88. The van der Waals surface area contributed by atoms with Crippen molar-refractivity contribution in [1.82, 2.24) is 15.5 Å². The summed E-state index contributed by atoms with van der Waals surface area (Å²) in [6, 6.07) is 24.6. The number of rotatable bonds is 12. The Bertz CT molecular complexity index is 1670. The molecule has 0 spiro atoms. The van der Waals surface area contributed by atoms with Crippen LogP contribution in [0.2, 0.25) is 0 Å². The Hall–Kier alpha value is -5.18. The fourth-order valence-corrected chi connectivity index (χ4v) is 4.67. The van der Waals surface area contributed by atoms with Crippen molar-refractivity contribution in [3.63, 3.8) is 0 Å². The molecule has 3 aromatic carbocycles. The van der Waals surface area contributed by atoms with Crippen LogP contribution in [0, 0.1) is 13.8 Å². The topological polar surface area (TPSA) is 128 Å². The summed E-state index contributed by atoms with van der Waals surface area (Å²) in [5, 5.41) is 16.3. The maximum absolute atomic E-state index is 13.3. The Morgan fingerprint density at radius 1 is 0.881 bits per heavy atom. The lowest BCUT2D eigenvalue weighted by molar-refractivity contribution is -0.136. The molecule has 0 saturated heterocycles. The van der Waals surface area contributed by atoms with Crippen LogP contribution in [-0.2, 0) is 24.2 Å². The molecule has 2 N–H and O–H groups in total. The third-order valence-electron chi connectivity index (χ3n) is 6.88. The summed E-state index contributed by atoms with van der Waals surface area (Å²) in [6.45, 7) is 4.11. The number of ether oxygens (including phenoxy) is 1. The molecule has 42 heavy (non-hydrogen) atoms. The van der Waals surface area contributed by atoms with Crippen LogP contribution in [0.25, 0.3) is 22.7 Å². The van der Waals surface area contributed by atoms with Gasteiger partial charge in [0.1, 0.15) is 28.5 Å². The molecule has 2 aromatic heterocycles. The number of amides is 1. The number of hydrogen-bond donors (Lipinski definition) is 2. The molecule has 214 valence electrons. The Labute approximate surface area is 243 Å². The van der Waals surface area contributed by atoms with Crippen LogP contribution in [0.4, 0.5) is 0 Å². The van der Waals surface area contributed by atoms with Gasteiger partial charge in [0.25, 0.3) is 5.91 Å². The van der Waals surface area contributed by atoms with E-state index in [-0.39, 0.29) is 18.9 Å². The zero-order valence-electron chi connectivity index (χ0n) is 23.4. The van der Waals surface area contributed by atoms with Gasteiger partial charge in [-0.1, -0.05) is 59.8 Å². The number of nitrogens with one attached hydrogen (secondary N) is 1.